The average Bonchev–Trinajstić information content (AvgIpc) is 3.38. The van der Waals surface area contributed by atoms with Crippen molar-refractivity contribution in [3.8, 4) is 0 Å². The molecule has 5 aromatic rings. The third-order valence-electron chi connectivity index (χ3n) is 7.00. The summed E-state index contributed by atoms with van der Waals surface area (Å²) in [6, 6.07) is 16.5. The largest absolute Gasteiger partial charge is 0.350 e. The van der Waals surface area contributed by atoms with Crippen LogP contribution < -0.4 is 0 Å². The molecular formula is C32H33Cl2FN2O5P2. The summed E-state index contributed by atoms with van der Waals surface area (Å²) in [6.07, 6.45) is 7.16. The number of benzene rings is 3. The topological polar surface area (TPSA) is 102 Å². The van der Waals surface area contributed by atoms with Crippen molar-refractivity contribution in [1.29, 1.82) is 0 Å². The maximum absolute atomic E-state index is 12.9. The molecule has 2 aromatic heterocycles. The third kappa shape index (κ3) is 8.39. The fourth-order valence-corrected chi connectivity index (χ4v) is 7.60. The summed E-state index contributed by atoms with van der Waals surface area (Å²) < 4.78 is 40.7. The van der Waals surface area contributed by atoms with Crippen molar-refractivity contribution in [2.45, 2.75) is 18.2 Å². The quantitative estimate of drug-likeness (QED) is 0.160. The fourth-order valence-electron chi connectivity index (χ4n) is 5.13. The molecule has 7 nitrogen and oxygen atoms in total. The monoisotopic (exact) mass is 676 g/mol. The zero-order valence-electron chi connectivity index (χ0n) is 24.6. The first-order valence-corrected chi connectivity index (χ1v) is 18.8. The summed E-state index contributed by atoms with van der Waals surface area (Å²) in [6.45, 7) is 3.63. The Kier molecular flexibility index (Phi) is 10.5. The minimum absolute atomic E-state index is 0.176. The van der Waals surface area contributed by atoms with Crippen molar-refractivity contribution in [1.82, 2.24) is 9.13 Å². The molecule has 1 unspecified atom stereocenters. The van der Waals surface area contributed by atoms with Crippen LogP contribution in [0.5, 0.6) is 0 Å². The van der Waals surface area contributed by atoms with Crippen LogP contribution in [0.15, 0.2) is 79.1 Å². The van der Waals surface area contributed by atoms with E-state index in [1.807, 2.05) is 44.8 Å². The van der Waals surface area contributed by atoms with Crippen LogP contribution in [0.1, 0.15) is 28.8 Å². The van der Waals surface area contributed by atoms with E-state index in [2.05, 4.69) is 4.57 Å². The van der Waals surface area contributed by atoms with E-state index in [1.165, 1.54) is 18.2 Å². The Morgan fingerprint density at radius 1 is 0.886 bits per heavy atom. The predicted octanol–water partition coefficient (Wildman–Crippen LogP) is 8.82. The zero-order valence-corrected chi connectivity index (χ0v) is 27.9. The van der Waals surface area contributed by atoms with Crippen molar-refractivity contribution < 1.29 is 28.1 Å². The van der Waals surface area contributed by atoms with E-state index < -0.39 is 26.2 Å². The number of aryl methyl sites for hydroxylation is 2. The Balaban J connectivity index is 0.000000233. The van der Waals surface area contributed by atoms with E-state index in [9.17, 15) is 28.1 Å². The van der Waals surface area contributed by atoms with Gasteiger partial charge in [-0.15, -0.1) is 0 Å². The van der Waals surface area contributed by atoms with Crippen LogP contribution in [0, 0.1) is 5.82 Å². The van der Waals surface area contributed by atoms with Gasteiger partial charge >= 0.3 is 7.60 Å². The molecule has 0 aliphatic rings. The summed E-state index contributed by atoms with van der Waals surface area (Å²) in [5.74, 6) is -0.983. The molecule has 2 heterocycles. The smallest absolute Gasteiger partial charge is 0.340 e. The van der Waals surface area contributed by atoms with Gasteiger partial charge in [-0.1, -0.05) is 47.5 Å². The minimum atomic E-state index is -4.77. The summed E-state index contributed by atoms with van der Waals surface area (Å²) in [4.78, 5) is 32.5. The first-order chi connectivity index (χ1) is 20.5. The van der Waals surface area contributed by atoms with Crippen LogP contribution in [0.2, 0.25) is 10.0 Å². The maximum atomic E-state index is 12.9. The lowest BCUT2D eigenvalue weighted by molar-refractivity contribution is -0.118. The Bertz CT molecular complexity index is 1960. The number of halogens is 3. The lowest BCUT2D eigenvalue weighted by atomic mass is 10.0. The molecule has 44 heavy (non-hydrogen) atoms. The Labute approximate surface area is 265 Å². The van der Waals surface area contributed by atoms with Gasteiger partial charge in [0.1, 0.15) is 11.5 Å². The molecule has 0 saturated carbocycles. The standard InChI is InChI=1S/C20H18ClFNO4P.C12H15ClNOP/c1-23-12-17(16-11-14(21)7-10-18(16)23)20(28(25,26)27)19(24)4-2-3-13-5-8-15(22)9-6-13;1-14-7-9(8-16(2,3)15)11-6-10(13)4-5-12(11)14/h2-3,5-12,20H,4H2,1H3,(H2,25,26,27);4-7H,8H2,1-3H3/b3-2+;. The second-order valence-electron chi connectivity index (χ2n) is 11.1. The van der Waals surface area contributed by atoms with Gasteiger partial charge in [0.05, 0.1) is 7.14 Å². The van der Waals surface area contributed by atoms with Crippen LogP contribution in [-0.4, -0.2) is 38.0 Å². The van der Waals surface area contributed by atoms with Gasteiger partial charge in [-0.05, 0) is 73.0 Å². The van der Waals surface area contributed by atoms with E-state index in [1.54, 1.807) is 54.2 Å². The molecule has 0 amide bonds. The molecule has 1 atom stereocenters. The van der Waals surface area contributed by atoms with Gasteiger partial charge in [-0.3, -0.25) is 9.36 Å². The molecule has 0 saturated heterocycles. The first kappa shape index (κ1) is 33.9. The van der Waals surface area contributed by atoms with Gasteiger partial charge < -0.3 is 23.5 Å². The summed E-state index contributed by atoms with van der Waals surface area (Å²) in [5.41, 5.74) is 2.30. The molecule has 0 aliphatic heterocycles. The number of allylic oxidation sites excluding steroid dienone is 1. The summed E-state index contributed by atoms with van der Waals surface area (Å²) in [7, 11) is -3.09. The van der Waals surface area contributed by atoms with Crippen LogP contribution >= 0.6 is 37.9 Å². The lowest BCUT2D eigenvalue weighted by Crippen LogP contribution is -2.12. The maximum Gasteiger partial charge on any atom is 0.340 e. The highest BCUT2D eigenvalue weighted by Gasteiger charge is 2.38. The number of aromatic nitrogens is 2. The van der Waals surface area contributed by atoms with Crippen molar-refractivity contribution in [2.24, 2.45) is 14.1 Å². The van der Waals surface area contributed by atoms with Gasteiger partial charge in [0, 0.05) is 76.5 Å². The second kappa shape index (κ2) is 13.6. The number of rotatable bonds is 8. The predicted molar refractivity (Wildman–Crippen MR) is 179 cm³/mol. The highest BCUT2D eigenvalue weighted by Crippen LogP contribution is 2.54. The SMILES string of the molecule is Cn1cc(C(C(=O)C/C=C/c2ccc(F)cc2)P(=O)(O)O)c2cc(Cl)ccc21.Cn1cc(CP(C)(C)=O)c2cc(Cl)ccc21. The number of hydrogen-bond donors (Lipinski definition) is 2. The van der Waals surface area contributed by atoms with Gasteiger partial charge in [0.2, 0.25) is 0 Å². The third-order valence-corrected chi connectivity index (χ3v) is 9.81. The van der Waals surface area contributed by atoms with Crippen molar-refractivity contribution in [2.75, 3.05) is 13.3 Å². The highest BCUT2D eigenvalue weighted by atomic mass is 35.5. The average molecular weight is 677 g/mol. The van der Waals surface area contributed by atoms with Crippen LogP contribution in [-0.2, 0) is 34.2 Å². The number of fused-ring (bicyclic) bond motifs is 2. The Morgan fingerprint density at radius 3 is 2.00 bits per heavy atom. The summed E-state index contributed by atoms with van der Waals surface area (Å²) >= 11 is 12.0. The van der Waals surface area contributed by atoms with Crippen LogP contribution in [0.3, 0.4) is 0 Å². The number of carbonyl (C=O) groups excluding carboxylic acids is 1. The molecule has 12 heteroatoms. The first-order valence-electron chi connectivity index (χ1n) is 13.6. The Morgan fingerprint density at radius 2 is 1.43 bits per heavy atom. The molecule has 2 N–H and O–H groups in total. The number of hydrogen-bond acceptors (Lipinski definition) is 3. The van der Waals surface area contributed by atoms with Crippen molar-refractivity contribution in [3.63, 3.8) is 0 Å². The van der Waals surface area contributed by atoms with Gasteiger partial charge in [0.25, 0.3) is 0 Å². The van der Waals surface area contributed by atoms with Crippen LogP contribution in [0.25, 0.3) is 27.9 Å². The molecule has 0 aliphatic carbocycles. The number of Topliss-reactive ketones (excluding diaryl/α,β-unsaturated/α-hetero) is 1. The molecule has 5 rings (SSSR count). The molecule has 0 radical (unpaired) electrons. The number of carbonyl (C=O) groups is 1. The van der Waals surface area contributed by atoms with Gasteiger partial charge in [-0.25, -0.2) is 4.39 Å². The van der Waals surface area contributed by atoms with E-state index in [4.69, 9.17) is 23.2 Å². The van der Waals surface area contributed by atoms with Crippen molar-refractivity contribution >= 4 is 71.6 Å². The fraction of sp³-hybridized carbons (Fsp3) is 0.219. The Hall–Kier alpha value is -2.96. The van der Waals surface area contributed by atoms with E-state index in [0.717, 1.165) is 21.5 Å². The molecule has 232 valence electrons. The van der Waals surface area contributed by atoms with E-state index >= 15 is 0 Å². The lowest BCUT2D eigenvalue weighted by Gasteiger charge is -2.16. The highest BCUT2D eigenvalue weighted by molar-refractivity contribution is 7.61. The molecule has 0 fully saturated rings. The number of ketones is 1. The molecule has 3 aromatic carbocycles. The van der Waals surface area contributed by atoms with Crippen LogP contribution in [0.4, 0.5) is 4.39 Å². The van der Waals surface area contributed by atoms with Gasteiger partial charge in [0.15, 0.2) is 5.78 Å². The minimum Gasteiger partial charge on any atom is -0.350 e. The van der Waals surface area contributed by atoms with E-state index in [-0.39, 0.29) is 17.8 Å². The molecular weight excluding hydrogens is 644 g/mol. The zero-order chi connectivity index (χ0) is 32.4. The normalized spacial score (nSPS) is 12.9. The van der Waals surface area contributed by atoms with Crippen molar-refractivity contribution in [3.05, 3.63) is 112 Å². The van der Waals surface area contributed by atoms with Gasteiger partial charge in [-0.2, -0.15) is 0 Å². The molecule has 0 bridgehead atoms. The van der Waals surface area contributed by atoms with E-state index in [0.29, 0.717) is 27.7 Å². The summed E-state index contributed by atoms with van der Waals surface area (Å²) in [5, 5.41) is 2.77. The molecule has 0 spiro atoms. The second-order valence-corrected chi connectivity index (χ2v) is 17.2. The number of nitrogens with zero attached hydrogens (tertiary/aromatic N) is 2.